The monoisotopic (exact) mass is 282 g/mol. The molecule has 0 aliphatic heterocycles. The molecule has 0 unspecified atom stereocenters. The SMILES string of the molecule is Cc1cc(C(C)C)ccc1-c1c(CC(C)C)ccc[n+]1C. The second-order valence-electron chi connectivity index (χ2n) is 6.82. The number of hydrogen-bond donors (Lipinski definition) is 0. The van der Waals surface area contributed by atoms with Gasteiger partial charge in [0.15, 0.2) is 6.20 Å². The van der Waals surface area contributed by atoms with E-state index >= 15 is 0 Å². The van der Waals surface area contributed by atoms with Crippen molar-refractivity contribution in [2.45, 2.75) is 47.0 Å². The van der Waals surface area contributed by atoms with Crippen LogP contribution in [0.1, 0.15) is 50.3 Å². The predicted octanol–water partition coefficient (Wildman–Crippen LogP) is 4.81. The second-order valence-corrected chi connectivity index (χ2v) is 6.82. The Bertz CT molecular complexity index is 624. The molecule has 2 rings (SSSR count). The Kier molecular flexibility index (Phi) is 4.82. The zero-order valence-electron chi connectivity index (χ0n) is 14.3. The molecule has 0 saturated heterocycles. The highest BCUT2D eigenvalue weighted by Gasteiger charge is 2.18. The maximum absolute atomic E-state index is 2.34. The minimum atomic E-state index is 0.581. The number of hydrogen-bond acceptors (Lipinski definition) is 0. The molecule has 0 fully saturated rings. The molecule has 0 aliphatic carbocycles. The van der Waals surface area contributed by atoms with E-state index < -0.39 is 0 Å². The van der Waals surface area contributed by atoms with E-state index in [1.54, 1.807) is 0 Å². The maximum Gasteiger partial charge on any atom is 0.215 e. The molecule has 0 atom stereocenters. The average molecular weight is 282 g/mol. The first-order chi connectivity index (χ1) is 9.90. The quantitative estimate of drug-likeness (QED) is 0.709. The Hall–Kier alpha value is -1.63. The summed E-state index contributed by atoms with van der Waals surface area (Å²) >= 11 is 0. The fourth-order valence-electron chi connectivity index (χ4n) is 2.95. The molecule has 1 aromatic carbocycles. The van der Waals surface area contributed by atoms with E-state index in [0.29, 0.717) is 11.8 Å². The van der Waals surface area contributed by atoms with Crippen LogP contribution in [0.5, 0.6) is 0 Å². The van der Waals surface area contributed by atoms with Crippen molar-refractivity contribution in [2.75, 3.05) is 0 Å². The van der Waals surface area contributed by atoms with Crippen LogP contribution in [0.15, 0.2) is 36.5 Å². The van der Waals surface area contributed by atoms with Gasteiger partial charge in [-0.05, 0) is 48.4 Å². The van der Waals surface area contributed by atoms with Crippen LogP contribution >= 0.6 is 0 Å². The zero-order valence-corrected chi connectivity index (χ0v) is 14.3. The number of nitrogens with zero attached hydrogens (tertiary/aromatic N) is 1. The van der Waals surface area contributed by atoms with Gasteiger partial charge in [-0.15, -0.1) is 0 Å². The van der Waals surface area contributed by atoms with Crippen molar-refractivity contribution in [1.29, 1.82) is 0 Å². The summed E-state index contributed by atoms with van der Waals surface area (Å²) in [6.45, 7) is 11.3. The van der Waals surface area contributed by atoms with Crippen LogP contribution in [-0.2, 0) is 13.5 Å². The first-order valence-corrected chi connectivity index (χ1v) is 7.98. The molecular formula is C20H28N+. The van der Waals surface area contributed by atoms with Crippen molar-refractivity contribution in [3.63, 3.8) is 0 Å². The third kappa shape index (κ3) is 3.53. The summed E-state index contributed by atoms with van der Waals surface area (Å²) in [5, 5.41) is 0. The van der Waals surface area contributed by atoms with Crippen molar-refractivity contribution < 1.29 is 4.57 Å². The number of benzene rings is 1. The van der Waals surface area contributed by atoms with Crippen molar-refractivity contribution in [2.24, 2.45) is 13.0 Å². The van der Waals surface area contributed by atoms with Gasteiger partial charge in [-0.3, -0.25) is 0 Å². The zero-order chi connectivity index (χ0) is 15.6. The largest absolute Gasteiger partial charge is 0.215 e. The Labute approximate surface area is 129 Å². The van der Waals surface area contributed by atoms with Crippen molar-refractivity contribution >= 4 is 0 Å². The van der Waals surface area contributed by atoms with Gasteiger partial charge in [0.1, 0.15) is 7.05 Å². The van der Waals surface area contributed by atoms with Gasteiger partial charge in [-0.25, -0.2) is 4.57 Å². The van der Waals surface area contributed by atoms with Gasteiger partial charge < -0.3 is 0 Å². The first kappa shape index (κ1) is 15.8. The van der Waals surface area contributed by atoms with E-state index in [-0.39, 0.29) is 0 Å². The van der Waals surface area contributed by atoms with Gasteiger partial charge in [-0.1, -0.05) is 39.8 Å². The number of pyridine rings is 1. The molecule has 0 radical (unpaired) electrons. The lowest BCUT2D eigenvalue weighted by atomic mass is 9.92. The summed E-state index contributed by atoms with van der Waals surface area (Å²) in [5.41, 5.74) is 6.95. The topological polar surface area (TPSA) is 3.88 Å². The predicted molar refractivity (Wildman–Crippen MR) is 90.4 cm³/mol. The Morgan fingerprint density at radius 3 is 2.33 bits per heavy atom. The van der Waals surface area contributed by atoms with E-state index in [2.05, 4.69) is 82.8 Å². The lowest BCUT2D eigenvalue weighted by molar-refractivity contribution is -0.660. The van der Waals surface area contributed by atoms with E-state index in [1.807, 2.05) is 0 Å². The van der Waals surface area contributed by atoms with Crippen LogP contribution in [0.4, 0.5) is 0 Å². The molecule has 1 aromatic heterocycles. The third-order valence-corrected chi connectivity index (χ3v) is 4.06. The van der Waals surface area contributed by atoms with Gasteiger partial charge in [0.25, 0.3) is 0 Å². The fraction of sp³-hybridized carbons (Fsp3) is 0.450. The molecule has 1 nitrogen and oxygen atoms in total. The highest BCUT2D eigenvalue weighted by Crippen LogP contribution is 2.28. The number of aromatic nitrogens is 1. The summed E-state index contributed by atoms with van der Waals surface area (Å²) in [5.74, 6) is 1.25. The summed E-state index contributed by atoms with van der Waals surface area (Å²) in [4.78, 5) is 0. The number of rotatable bonds is 4. The molecule has 112 valence electrons. The molecule has 21 heavy (non-hydrogen) atoms. The lowest BCUT2D eigenvalue weighted by Crippen LogP contribution is -2.32. The van der Waals surface area contributed by atoms with Crippen LogP contribution in [0.3, 0.4) is 0 Å². The van der Waals surface area contributed by atoms with Crippen molar-refractivity contribution in [3.8, 4) is 11.3 Å². The van der Waals surface area contributed by atoms with Crippen molar-refractivity contribution in [3.05, 3.63) is 53.2 Å². The summed E-state index contributed by atoms with van der Waals surface area (Å²) in [6.07, 6.45) is 3.27. The lowest BCUT2D eigenvalue weighted by Gasteiger charge is -2.13. The first-order valence-electron chi connectivity index (χ1n) is 7.98. The fourth-order valence-corrected chi connectivity index (χ4v) is 2.95. The van der Waals surface area contributed by atoms with E-state index in [1.165, 1.54) is 27.9 Å². The minimum absolute atomic E-state index is 0.581. The van der Waals surface area contributed by atoms with Crippen LogP contribution < -0.4 is 4.57 Å². The van der Waals surface area contributed by atoms with Crippen LogP contribution in [0.25, 0.3) is 11.3 Å². The summed E-state index contributed by atoms with van der Waals surface area (Å²) < 4.78 is 2.26. The maximum atomic E-state index is 2.34. The number of aryl methyl sites for hydroxylation is 2. The summed E-state index contributed by atoms with van der Waals surface area (Å²) in [6, 6.07) is 11.3. The molecule has 0 saturated carbocycles. The van der Waals surface area contributed by atoms with Crippen molar-refractivity contribution in [1.82, 2.24) is 0 Å². The Morgan fingerprint density at radius 2 is 1.76 bits per heavy atom. The molecule has 0 aliphatic rings. The van der Waals surface area contributed by atoms with Gasteiger partial charge in [0.05, 0.1) is 0 Å². The minimum Gasteiger partial charge on any atom is -0.201 e. The molecule has 1 heterocycles. The molecule has 2 aromatic rings. The van der Waals surface area contributed by atoms with Gasteiger partial charge in [0, 0.05) is 17.2 Å². The molecule has 1 heteroatoms. The van der Waals surface area contributed by atoms with Gasteiger partial charge in [-0.2, -0.15) is 0 Å². The highest BCUT2D eigenvalue weighted by atomic mass is 14.9. The molecule has 0 bridgehead atoms. The van der Waals surface area contributed by atoms with Crippen LogP contribution in [0, 0.1) is 12.8 Å². The smallest absolute Gasteiger partial charge is 0.201 e. The van der Waals surface area contributed by atoms with Crippen LogP contribution in [0.2, 0.25) is 0 Å². The molecular weight excluding hydrogens is 254 g/mol. The average Bonchev–Trinajstić information content (AvgIpc) is 2.39. The second kappa shape index (κ2) is 6.43. The van der Waals surface area contributed by atoms with Crippen LogP contribution in [-0.4, -0.2) is 0 Å². The van der Waals surface area contributed by atoms with Gasteiger partial charge in [0.2, 0.25) is 5.69 Å². The molecule has 0 spiro atoms. The standard InChI is InChI=1S/C20H28N/c1-14(2)12-18-8-7-11-21(6)20(18)19-10-9-17(15(3)4)13-16(19)5/h7-11,13-15H,12H2,1-6H3/q+1. The van der Waals surface area contributed by atoms with Gasteiger partial charge >= 0.3 is 0 Å². The third-order valence-electron chi connectivity index (χ3n) is 4.06. The Morgan fingerprint density at radius 1 is 1.05 bits per heavy atom. The van der Waals surface area contributed by atoms with E-state index in [9.17, 15) is 0 Å². The van der Waals surface area contributed by atoms with E-state index in [4.69, 9.17) is 0 Å². The summed E-state index contributed by atoms with van der Waals surface area (Å²) in [7, 11) is 2.15. The normalized spacial score (nSPS) is 11.4. The molecule has 0 amide bonds. The molecule has 0 N–H and O–H groups in total. The Balaban J connectivity index is 2.56. The van der Waals surface area contributed by atoms with E-state index in [0.717, 1.165) is 6.42 Å². The highest BCUT2D eigenvalue weighted by molar-refractivity contribution is 5.65.